The van der Waals surface area contributed by atoms with Gasteiger partial charge in [0.2, 0.25) is 5.82 Å². The van der Waals surface area contributed by atoms with Crippen molar-refractivity contribution in [1.29, 1.82) is 0 Å². The Morgan fingerprint density at radius 3 is 2.81 bits per heavy atom. The van der Waals surface area contributed by atoms with E-state index in [0.29, 0.717) is 24.3 Å². The number of benzene rings is 1. The Morgan fingerprint density at radius 1 is 1.15 bits per heavy atom. The summed E-state index contributed by atoms with van der Waals surface area (Å²) >= 11 is 0. The summed E-state index contributed by atoms with van der Waals surface area (Å²) in [5.74, 6) is -0.191. The normalized spacial score (nSPS) is 13.4. The summed E-state index contributed by atoms with van der Waals surface area (Å²) in [6.07, 6.45) is 4.49. The summed E-state index contributed by atoms with van der Waals surface area (Å²) < 4.78 is 1.69. The summed E-state index contributed by atoms with van der Waals surface area (Å²) in [7, 11) is 0. The Hall–Kier alpha value is -3.15. The summed E-state index contributed by atoms with van der Waals surface area (Å²) in [6, 6.07) is 13.5. The van der Waals surface area contributed by atoms with Gasteiger partial charge in [0.25, 0.3) is 11.8 Å². The molecule has 2 amide bonds. The van der Waals surface area contributed by atoms with Gasteiger partial charge in [-0.05, 0) is 43.0 Å². The maximum atomic E-state index is 13.3. The van der Waals surface area contributed by atoms with Gasteiger partial charge < -0.3 is 10.2 Å². The number of pyridine rings is 1. The first-order valence-electron chi connectivity index (χ1n) is 9.35. The smallest absolute Gasteiger partial charge is 0.287 e. The van der Waals surface area contributed by atoms with Gasteiger partial charge in [0, 0.05) is 25.0 Å². The van der Waals surface area contributed by atoms with Crippen molar-refractivity contribution in [2.45, 2.75) is 26.2 Å². The molecule has 1 aromatic carbocycles. The molecular weight excluding hydrogens is 340 g/mol. The van der Waals surface area contributed by atoms with Crippen LogP contribution in [0.15, 0.2) is 48.7 Å². The highest BCUT2D eigenvalue weighted by Crippen LogP contribution is 2.29. The molecule has 1 aliphatic heterocycles. The first-order valence-corrected chi connectivity index (χ1v) is 9.35. The highest BCUT2D eigenvalue weighted by molar-refractivity contribution is 6.10. The third-order valence-corrected chi connectivity index (χ3v) is 4.85. The summed E-state index contributed by atoms with van der Waals surface area (Å²) in [5, 5.41) is 2.84. The molecule has 0 radical (unpaired) electrons. The number of nitrogens with zero attached hydrogens (tertiary/aromatic N) is 3. The second-order valence-electron chi connectivity index (χ2n) is 6.68. The second kappa shape index (κ2) is 7.23. The zero-order valence-corrected chi connectivity index (χ0v) is 15.3. The minimum atomic E-state index is -0.267. The molecule has 6 nitrogen and oxygen atoms in total. The van der Waals surface area contributed by atoms with E-state index in [-0.39, 0.29) is 17.6 Å². The van der Waals surface area contributed by atoms with Crippen LogP contribution in [0.4, 0.5) is 5.69 Å². The van der Waals surface area contributed by atoms with E-state index in [1.807, 2.05) is 43.3 Å². The number of hydrogen-bond donors (Lipinski definition) is 1. The van der Waals surface area contributed by atoms with Crippen LogP contribution in [0.25, 0.3) is 5.52 Å². The maximum absolute atomic E-state index is 13.3. The summed E-state index contributed by atoms with van der Waals surface area (Å²) in [6.45, 7) is 3.22. The van der Waals surface area contributed by atoms with Crippen molar-refractivity contribution in [1.82, 2.24) is 14.7 Å². The lowest BCUT2D eigenvalue weighted by atomic mass is 10.0. The van der Waals surface area contributed by atoms with E-state index in [9.17, 15) is 9.59 Å². The van der Waals surface area contributed by atoms with Gasteiger partial charge >= 0.3 is 0 Å². The fourth-order valence-corrected chi connectivity index (χ4v) is 3.55. The number of aromatic nitrogens is 2. The molecule has 0 aliphatic carbocycles. The van der Waals surface area contributed by atoms with Crippen molar-refractivity contribution >= 4 is 23.0 Å². The standard InChI is InChI=1S/C21H22N4O2/c1-2-12-22-20(26)19-23-18(17-11-5-6-13-24(17)19)21(27)25-14-7-9-15-8-3-4-10-16(15)25/h3-6,8,10-11,13H,2,7,9,12,14H2,1H3,(H,22,26). The SMILES string of the molecule is CCCNC(=O)c1nc(C(=O)N2CCCc3ccccc32)c2ccccn12. The third kappa shape index (κ3) is 3.07. The number of nitrogens with one attached hydrogen (secondary N) is 1. The molecule has 138 valence electrons. The maximum Gasteiger partial charge on any atom is 0.287 e. The van der Waals surface area contributed by atoms with E-state index in [0.717, 1.165) is 24.9 Å². The minimum Gasteiger partial charge on any atom is -0.349 e. The molecule has 2 aromatic heterocycles. The number of aryl methyl sites for hydroxylation is 1. The zero-order valence-electron chi connectivity index (χ0n) is 15.3. The van der Waals surface area contributed by atoms with Crippen LogP contribution in [0.3, 0.4) is 0 Å². The van der Waals surface area contributed by atoms with E-state index in [1.54, 1.807) is 15.5 Å². The Kier molecular flexibility index (Phi) is 4.62. The highest BCUT2D eigenvalue weighted by Gasteiger charge is 2.28. The largest absolute Gasteiger partial charge is 0.349 e. The van der Waals surface area contributed by atoms with Crippen LogP contribution in [0.1, 0.15) is 46.4 Å². The highest BCUT2D eigenvalue weighted by atomic mass is 16.2. The third-order valence-electron chi connectivity index (χ3n) is 4.85. The van der Waals surface area contributed by atoms with E-state index >= 15 is 0 Å². The number of imidazole rings is 1. The lowest BCUT2D eigenvalue weighted by Crippen LogP contribution is -2.35. The van der Waals surface area contributed by atoms with Crippen LogP contribution in [-0.2, 0) is 6.42 Å². The average Bonchev–Trinajstić information content (AvgIpc) is 3.11. The molecule has 0 fully saturated rings. The lowest BCUT2D eigenvalue weighted by molar-refractivity contribution is 0.0942. The molecule has 0 bridgehead atoms. The molecule has 1 N–H and O–H groups in total. The first-order chi connectivity index (χ1) is 13.2. The number of amides is 2. The number of anilines is 1. The van der Waals surface area contributed by atoms with Crippen molar-refractivity contribution in [2.75, 3.05) is 18.0 Å². The minimum absolute atomic E-state index is 0.166. The number of carbonyl (C=O) groups is 2. The molecule has 0 spiro atoms. The predicted octanol–water partition coefficient (Wildman–Crippen LogP) is 3.07. The van der Waals surface area contributed by atoms with E-state index < -0.39 is 0 Å². The Balaban J connectivity index is 1.76. The topological polar surface area (TPSA) is 66.7 Å². The summed E-state index contributed by atoms with van der Waals surface area (Å²) in [4.78, 5) is 32.1. The van der Waals surface area contributed by atoms with E-state index in [2.05, 4.69) is 16.4 Å². The van der Waals surface area contributed by atoms with Gasteiger partial charge in [0.1, 0.15) is 0 Å². The van der Waals surface area contributed by atoms with Crippen LogP contribution in [0.5, 0.6) is 0 Å². The lowest BCUT2D eigenvalue weighted by Gasteiger charge is -2.28. The zero-order chi connectivity index (χ0) is 18.8. The average molecular weight is 362 g/mol. The Labute approximate surface area is 157 Å². The molecule has 0 unspecified atom stereocenters. The van der Waals surface area contributed by atoms with Crippen LogP contribution < -0.4 is 10.2 Å². The van der Waals surface area contributed by atoms with Gasteiger partial charge in [-0.15, -0.1) is 0 Å². The molecule has 4 rings (SSSR count). The first kappa shape index (κ1) is 17.3. The molecule has 3 heterocycles. The van der Waals surface area contributed by atoms with Gasteiger partial charge in [-0.3, -0.25) is 14.0 Å². The van der Waals surface area contributed by atoms with Crippen LogP contribution in [0.2, 0.25) is 0 Å². The van der Waals surface area contributed by atoms with Gasteiger partial charge in [0.05, 0.1) is 5.52 Å². The van der Waals surface area contributed by atoms with Gasteiger partial charge in [-0.2, -0.15) is 0 Å². The molecule has 3 aromatic rings. The van der Waals surface area contributed by atoms with Crippen molar-refractivity contribution in [3.63, 3.8) is 0 Å². The van der Waals surface area contributed by atoms with E-state index in [1.165, 1.54) is 5.56 Å². The molecule has 0 atom stereocenters. The van der Waals surface area contributed by atoms with Gasteiger partial charge in [-0.25, -0.2) is 4.98 Å². The van der Waals surface area contributed by atoms with Crippen LogP contribution in [0, 0.1) is 0 Å². The number of carbonyl (C=O) groups excluding carboxylic acids is 2. The van der Waals surface area contributed by atoms with Crippen LogP contribution >= 0.6 is 0 Å². The fourth-order valence-electron chi connectivity index (χ4n) is 3.55. The molecule has 6 heteroatoms. The van der Waals surface area contributed by atoms with Crippen molar-refractivity contribution in [3.05, 3.63) is 65.7 Å². The molecule has 0 saturated carbocycles. The van der Waals surface area contributed by atoms with Gasteiger partial charge in [-0.1, -0.05) is 31.2 Å². The number of para-hydroxylation sites is 1. The number of rotatable bonds is 4. The fraction of sp³-hybridized carbons (Fsp3) is 0.286. The van der Waals surface area contributed by atoms with Crippen molar-refractivity contribution < 1.29 is 9.59 Å². The molecular formula is C21H22N4O2. The Bertz CT molecular complexity index is 1010. The van der Waals surface area contributed by atoms with Gasteiger partial charge in [0.15, 0.2) is 5.69 Å². The molecule has 1 aliphatic rings. The predicted molar refractivity (Wildman–Crippen MR) is 104 cm³/mol. The quantitative estimate of drug-likeness (QED) is 0.776. The molecule has 27 heavy (non-hydrogen) atoms. The van der Waals surface area contributed by atoms with Crippen molar-refractivity contribution in [2.24, 2.45) is 0 Å². The number of fused-ring (bicyclic) bond motifs is 2. The molecule has 0 saturated heterocycles. The number of hydrogen-bond acceptors (Lipinski definition) is 3. The van der Waals surface area contributed by atoms with Crippen molar-refractivity contribution in [3.8, 4) is 0 Å². The Morgan fingerprint density at radius 2 is 1.96 bits per heavy atom. The summed E-state index contributed by atoms with van der Waals surface area (Å²) in [5.41, 5.74) is 3.06. The van der Waals surface area contributed by atoms with Crippen LogP contribution in [-0.4, -0.2) is 34.3 Å². The second-order valence-corrected chi connectivity index (χ2v) is 6.68. The monoisotopic (exact) mass is 362 g/mol. The van der Waals surface area contributed by atoms with E-state index in [4.69, 9.17) is 0 Å².